The van der Waals surface area contributed by atoms with Crippen LogP contribution in [0.3, 0.4) is 0 Å². The number of carbonyl (C=O) groups excluding carboxylic acids is 1. The lowest BCUT2D eigenvalue weighted by molar-refractivity contribution is 0.0989. The largest absolute Gasteiger partial charge is 0.392 e. The molecule has 0 fully saturated rings. The first kappa shape index (κ1) is 11.9. The summed E-state index contributed by atoms with van der Waals surface area (Å²) in [5.41, 5.74) is 1.47. The van der Waals surface area contributed by atoms with E-state index in [1.54, 1.807) is 18.2 Å². The van der Waals surface area contributed by atoms with Gasteiger partial charge in [0.05, 0.1) is 6.61 Å². The molecule has 0 amide bonds. The number of rotatable bonds is 4. The smallest absolute Gasteiger partial charge is 0.163 e. The van der Waals surface area contributed by atoms with Gasteiger partial charge in [-0.05, 0) is 11.6 Å². The number of hydrogen-bond donors (Lipinski definition) is 1. The van der Waals surface area contributed by atoms with Crippen LogP contribution in [0.5, 0.6) is 0 Å². The average Bonchev–Trinajstić information content (AvgIpc) is 2.18. The van der Waals surface area contributed by atoms with E-state index >= 15 is 0 Å². The van der Waals surface area contributed by atoms with Crippen LogP contribution >= 0.6 is 31.9 Å². The third kappa shape index (κ3) is 2.90. The summed E-state index contributed by atoms with van der Waals surface area (Å²) in [6.07, 6.45) is 0.491. The van der Waals surface area contributed by atoms with Crippen molar-refractivity contribution in [3.8, 4) is 0 Å². The van der Waals surface area contributed by atoms with E-state index in [4.69, 9.17) is 5.11 Å². The Kier molecular flexibility index (Phi) is 4.78. The summed E-state index contributed by atoms with van der Waals surface area (Å²) in [5.74, 6) is 0.104. The maximum atomic E-state index is 11.5. The fraction of sp³-hybridized carbons (Fsp3) is 0.300. The molecule has 2 nitrogen and oxygen atoms in total. The zero-order valence-electron chi connectivity index (χ0n) is 7.46. The first-order valence-electron chi connectivity index (χ1n) is 4.17. The van der Waals surface area contributed by atoms with Crippen LogP contribution in [0, 0.1) is 0 Å². The fourth-order valence-electron chi connectivity index (χ4n) is 1.08. The van der Waals surface area contributed by atoms with Crippen molar-refractivity contribution in [3.05, 3.63) is 33.8 Å². The van der Waals surface area contributed by atoms with Crippen molar-refractivity contribution in [1.82, 2.24) is 0 Å². The van der Waals surface area contributed by atoms with Gasteiger partial charge in [0.15, 0.2) is 5.78 Å². The second-order valence-corrected chi connectivity index (χ2v) is 4.47. The highest BCUT2D eigenvalue weighted by Crippen LogP contribution is 2.19. The molecule has 0 radical (unpaired) electrons. The van der Waals surface area contributed by atoms with Gasteiger partial charge in [0.2, 0.25) is 0 Å². The molecular formula is C10H10Br2O2. The molecular weight excluding hydrogens is 312 g/mol. The molecule has 0 spiro atoms. The Bertz CT molecular complexity index is 337. The number of ketones is 1. The first-order valence-corrected chi connectivity index (χ1v) is 6.09. The molecule has 0 heterocycles. The van der Waals surface area contributed by atoms with Crippen molar-refractivity contribution in [1.29, 1.82) is 0 Å². The van der Waals surface area contributed by atoms with E-state index < -0.39 is 0 Å². The molecule has 0 saturated carbocycles. The third-order valence-electron chi connectivity index (χ3n) is 1.87. The second-order valence-electron chi connectivity index (χ2n) is 2.83. The van der Waals surface area contributed by atoms with Crippen molar-refractivity contribution in [2.45, 2.75) is 13.0 Å². The van der Waals surface area contributed by atoms with Crippen molar-refractivity contribution in [3.63, 3.8) is 0 Å². The lowest BCUT2D eigenvalue weighted by Gasteiger charge is -2.03. The summed E-state index contributed by atoms with van der Waals surface area (Å²) in [5, 5.41) is 9.60. The molecule has 0 unspecified atom stereocenters. The standard InChI is InChI=1S/C10H10Br2O2/c11-4-3-10(14)7-1-2-8(6-13)9(12)5-7/h1-2,5,13H,3-4,6H2. The van der Waals surface area contributed by atoms with Crippen LogP contribution in [0.25, 0.3) is 0 Å². The highest BCUT2D eigenvalue weighted by atomic mass is 79.9. The minimum Gasteiger partial charge on any atom is -0.392 e. The van der Waals surface area contributed by atoms with Gasteiger partial charge in [0.1, 0.15) is 0 Å². The normalized spacial score (nSPS) is 10.2. The van der Waals surface area contributed by atoms with Crippen LogP contribution in [0.4, 0.5) is 0 Å². The second kappa shape index (κ2) is 5.63. The van der Waals surface area contributed by atoms with E-state index in [0.717, 1.165) is 10.0 Å². The number of Topliss-reactive ketones (excluding diaryl/α,β-unsaturated/α-hetero) is 1. The molecule has 1 N–H and O–H groups in total. The number of hydrogen-bond acceptors (Lipinski definition) is 2. The topological polar surface area (TPSA) is 37.3 Å². The number of aliphatic hydroxyl groups is 1. The Morgan fingerprint density at radius 3 is 2.64 bits per heavy atom. The Balaban J connectivity index is 2.91. The van der Waals surface area contributed by atoms with Crippen LogP contribution in [0.2, 0.25) is 0 Å². The minimum absolute atomic E-state index is 0.0203. The van der Waals surface area contributed by atoms with E-state index in [1.807, 2.05) is 0 Å². The van der Waals surface area contributed by atoms with E-state index in [-0.39, 0.29) is 12.4 Å². The summed E-state index contributed by atoms with van der Waals surface area (Å²) in [6.45, 7) is -0.0203. The molecule has 1 aromatic rings. The number of alkyl halides is 1. The maximum absolute atomic E-state index is 11.5. The van der Waals surface area contributed by atoms with Crippen molar-refractivity contribution < 1.29 is 9.90 Å². The molecule has 1 aromatic carbocycles. The quantitative estimate of drug-likeness (QED) is 0.684. The Hall–Kier alpha value is -0.190. The Morgan fingerprint density at radius 1 is 1.43 bits per heavy atom. The van der Waals surface area contributed by atoms with Gasteiger partial charge in [-0.3, -0.25) is 4.79 Å². The summed E-state index contributed by atoms with van der Waals surface area (Å²) in [4.78, 5) is 11.5. The van der Waals surface area contributed by atoms with E-state index in [9.17, 15) is 4.79 Å². The van der Waals surface area contributed by atoms with Crippen LogP contribution in [-0.2, 0) is 6.61 Å². The van der Waals surface area contributed by atoms with E-state index in [1.165, 1.54) is 0 Å². The number of benzene rings is 1. The van der Waals surface area contributed by atoms with Gasteiger partial charge in [-0.25, -0.2) is 0 Å². The number of aliphatic hydroxyl groups excluding tert-OH is 1. The van der Waals surface area contributed by atoms with Gasteiger partial charge in [0.25, 0.3) is 0 Å². The SMILES string of the molecule is O=C(CCBr)c1ccc(CO)c(Br)c1. The molecule has 0 atom stereocenters. The predicted molar refractivity (Wildman–Crippen MR) is 62.8 cm³/mol. The van der Waals surface area contributed by atoms with Crippen molar-refractivity contribution >= 4 is 37.6 Å². The van der Waals surface area contributed by atoms with E-state index in [0.29, 0.717) is 17.3 Å². The van der Waals surface area contributed by atoms with Crippen molar-refractivity contribution in [2.24, 2.45) is 0 Å². The first-order chi connectivity index (χ1) is 6.69. The summed E-state index contributed by atoms with van der Waals surface area (Å²) < 4.78 is 0.778. The number of carbonyl (C=O) groups is 1. The lowest BCUT2D eigenvalue weighted by atomic mass is 10.1. The monoisotopic (exact) mass is 320 g/mol. The van der Waals surface area contributed by atoms with E-state index in [2.05, 4.69) is 31.9 Å². The molecule has 0 aliphatic carbocycles. The zero-order chi connectivity index (χ0) is 10.6. The molecule has 14 heavy (non-hydrogen) atoms. The predicted octanol–water partition coefficient (Wildman–Crippen LogP) is 2.91. The number of halogens is 2. The van der Waals surface area contributed by atoms with Crippen LogP contribution in [0.15, 0.2) is 22.7 Å². The van der Waals surface area contributed by atoms with Crippen LogP contribution in [-0.4, -0.2) is 16.2 Å². The van der Waals surface area contributed by atoms with Gasteiger partial charge in [-0.2, -0.15) is 0 Å². The summed E-state index contributed by atoms with van der Waals surface area (Å²) >= 11 is 6.52. The average molecular weight is 322 g/mol. The summed E-state index contributed by atoms with van der Waals surface area (Å²) in [6, 6.07) is 5.24. The Morgan fingerprint density at radius 2 is 2.14 bits per heavy atom. The zero-order valence-corrected chi connectivity index (χ0v) is 10.6. The molecule has 4 heteroatoms. The third-order valence-corrected chi connectivity index (χ3v) is 3.00. The van der Waals surface area contributed by atoms with Gasteiger partial charge in [-0.15, -0.1) is 0 Å². The molecule has 0 aliphatic heterocycles. The molecule has 0 saturated heterocycles. The molecule has 0 bridgehead atoms. The van der Waals surface area contributed by atoms with Gasteiger partial charge in [-0.1, -0.05) is 44.0 Å². The molecule has 76 valence electrons. The molecule has 1 rings (SSSR count). The highest BCUT2D eigenvalue weighted by Gasteiger charge is 2.07. The lowest BCUT2D eigenvalue weighted by Crippen LogP contribution is -2.00. The highest BCUT2D eigenvalue weighted by molar-refractivity contribution is 9.10. The maximum Gasteiger partial charge on any atom is 0.163 e. The van der Waals surface area contributed by atoms with Gasteiger partial charge < -0.3 is 5.11 Å². The molecule has 0 aliphatic rings. The van der Waals surface area contributed by atoms with Crippen molar-refractivity contribution in [2.75, 3.05) is 5.33 Å². The molecule has 0 aromatic heterocycles. The van der Waals surface area contributed by atoms with Crippen LogP contribution < -0.4 is 0 Å². The fourth-order valence-corrected chi connectivity index (χ4v) is 1.94. The summed E-state index contributed by atoms with van der Waals surface area (Å²) in [7, 11) is 0. The minimum atomic E-state index is -0.0203. The van der Waals surface area contributed by atoms with Crippen LogP contribution in [0.1, 0.15) is 22.3 Å². The Labute approximate surface area is 99.6 Å². The van der Waals surface area contributed by atoms with Gasteiger partial charge in [0, 0.05) is 21.8 Å². The van der Waals surface area contributed by atoms with Gasteiger partial charge >= 0.3 is 0 Å².